The van der Waals surface area contributed by atoms with E-state index in [9.17, 15) is 13.2 Å². The van der Waals surface area contributed by atoms with Crippen LogP contribution < -0.4 is 9.46 Å². The van der Waals surface area contributed by atoms with Crippen LogP contribution in [0.3, 0.4) is 0 Å². The van der Waals surface area contributed by atoms with Crippen molar-refractivity contribution in [3.05, 3.63) is 59.7 Å². The molecular formula is C19H22N2O4S. The fourth-order valence-corrected chi connectivity index (χ4v) is 3.83. The van der Waals surface area contributed by atoms with Gasteiger partial charge in [-0.25, -0.2) is 8.42 Å². The lowest BCUT2D eigenvalue weighted by Gasteiger charge is -2.25. The minimum Gasteiger partial charge on any atom is -0.497 e. The van der Waals surface area contributed by atoms with Crippen molar-refractivity contribution in [2.75, 3.05) is 24.6 Å². The van der Waals surface area contributed by atoms with E-state index in [-0.39, 0.29) is 11.9 Å². The zero-order valence-electron chi connectivity index (χ0n) is 14.8. The Morgan fingerprint density at radius 1 is 1.19 bits per heavy atom. The number of methoxy groups -OCH3 is 1. The third-order valence-corrected chi connectivity index (χ3v) is 5.03. The minimum absolute atomic E-state index is 0.0138. The Labute approximate surface area is 153 Å². The highest BCUT2D eigenvalue weighted by atomic mass is 32.2. The number of carbonyl (C=O) groups excluding carboxylic acids is 1. The first-order valence-corrected chi connectivity index (χ1v) is 10.3. The first kappa shape index (κ1) is 18.3. The smallest absolute Gasteiger partial charge is 0.254 e. The molecule has 3 rings (SSSR count). The summed E-state index contributed by atoms with van der Waals surface area (Å²) in [5, 5.41) is 0. The summed E-state index contributed by atoms with van der Waals surface area (Å²) >= 11 is 0. The molecule has 0 spiro atoms. The maximum Gasteiger partial charge on any atom is 0.254 e. The number of likely N-dealkylation sites (tertiary alicyclic amines) is 1. The van der Waals surface area contributed by atoms with Crippen LogP contribution in [0.25, 0.3) is 0 Å². The quantitative estimate of drug-likeness (QED) is 0.873. The summed E-state index contributed by atoms with van der Waals surface area (Å²) in [5.41, 5.74) is 1.93. The third kappa shape index (κ3) is 4.16. The van der Waals surface area contributed by atoms with Crippen molar-refractivity contribution >= 4 is 21.6 Å². The predicted molar refractivity (Wildman–Crippen MR) is 101 cm³/mol. The molecule has 1 aliphatic heterocycles. The van der Waals surface area contributed by atoms with E-state index >= 15 is 0 Å². The zero-order valence-corrected chi connectivity index (χ0v) is 15.6. The number of anilines is 1. The number of ether oxygens (including phenoxy) is 1. The number of rotatable bonds is 5. The van der Waals surface area contributed by atoms with Crippen molar-refractivity contribution in [1.82, 2.24) is 4.90 Å². The summed E-state index contributed by atoms with van der Waals surface area (Å²) in [7, 11) is -1.76. The van der Waals surface area contributed by atoms with E-state index in [2.05, 4.69) is 4.72 Å². The molecule has 1 fully saturated rings. The summed E-state index contributed by atoms with van der Waals surface area (Å²) < 4.78 is 30.4. The van der Waals surface area contributed by atoms with Crippen molar-refractivity contribution in [2.45, 2.75) is 18.9 Å². The van der Waals surface area contributed by atoms with Crippen LogP contribution in [0.15, 0.2) is 48.5 Å². The number of nitrogens with one attached hydrogen (secondary N) is 1. The molecule has 0 aliphatic carbocycles. The van der Waals surface area contributed by atoms with Crippen LogP contribution >= 0.6 is 0 Å². The van der Waals surface area contributed by atoms with Crippen LogP contribution in [0.4, 0.5) is 5.69 Å². The Hall–Kier alpha value is -2.54. The molecule has 1 heterocycles. The summed E-state index contributed by atoms with van der Waals surface area (Å²) in [5.74, 6) is 0.685. The maximum atomic E-state index is 13.0. The number of carbonyl (C=O) groups is 1. The number of hydrogen-bond acceptors (Lipinski definition) is 4. The number of sulfonamides is 1. The second kappa shape index (κ2) is 7.37. The summed E-state index contributed by atoms with van der Waals surface area (Å²) in [4.78, 5) is 14.8. The van der Waals surface area contributed by atoms with Crippen molar-refractivity contribution < 1.29 is 17.9 Å². The highest BCUT2D eigenvalue weighted by Crippen LogP contribution is 2.34. The normalized spacial score (nSPS) is 17.2. The molecule has 0 radical (unpaired) electrons. The Bertz CT molecular complexity index is 894. The molecule has 2 aromatic carbocycles. The highest BCUT2D eigenvalue weighted by molar-refractivity contribution is 7.92. The summed E-state index contributed by atoms with van der Waals surface area (Å²) in [6.07, 6.45) is 2.92. The highest BCUT2D eigenvalue weighted by Gasteiger charge is 2.30. The fraction of sp³-hybridized carbons (Fsp3) is 0.316. The monoisotopic (exact) mass is 374 g/mol. The molecule has 26 heavy (non-hydrogen) atoms. The van der Waals surface area contributed by atoms with E-state index in [1.807, 2.05) is 29.2 Å². The van der Waals surface area contributed by atoms with Crippen LogP contribution in [-0.4, -0.2) is 39.1 Å². The second-order valence-corrected chi connectivity index (χ2v) is 8.13. The molecule has 1 atom stereocenters. The van der Waals surface area contributed by atoms with E-state index < -0.39 is 10.0 Å². The Balaban J connectivity index is 1.83. The lowest BCUT2D eigenvalue weighted by molar-refractivity contribution is 0.0735. The van der Waals surface area contributed by atoms with Crippen LogP contribution in [0.1, 0.15) is 34.8 Å². The van der Waals surface area contributed by atoms with Gasteiger partial charge in [-0.05, 0) is 48.7 Å². The largest absolute Gasteiger partial charge is 0.497 e. The topological polar surface area (TPSA) is 75.7 Å². The second-order valence-electron chi connectivity index (χ2n) is 6.38. The SMILES string of the molecule is COc1ccc(C2CCCN2C(=O)c2cccc(NS(C)(=O)=O)c2)cc1. The molecule has 1 aliphatic rings. The van der Waals surface area contributed by atoms with E-state index in [1.54, 1.807) is 31.4 Å². The Morgan fingerprint density at radius 3 is 2.58 bits per heavy atom. The fourth-order valence-electron chi connectivity index (χ4n) is 3.28. The Kier molecular flexibility index (Phi) is 5.18. The number of amides is 1. The van der Waals surface area contributed by atoms with Crippen LogP contribution in [-0.2, 0) is 10.0 Å². The van der Waals surface area contributed by atoms with Crippen molar-refractivity contribution in [2.24, 2.45) is 0 Å². The lowest BCUT2D eigenvalue weighted by atomic mass is 10.0. The molecule has 0 bridgehead atoms. The minimum atomic E-state index is -3.39. The molecule has 1 N–H and O–H groups in total. The zero-order chi connectivity index (χ0) is 18.7. The van der Waals surface area contributed by atoms with Crippen LogP contribution in [0.5, 0.6) is 5.75 Å². The van der Waals surface area contributed by atoms with Crippen LogP contribution in [0.2, 0.25) is 0 Å². The molecule has 1 amide bonds. The first-order chi connectivity index (χ1) is 12.4. The van der Waals surface area contributed by atoms with E-state index in [1.165, 1.54) is 0 Å². The molecule has 138 valence electrons. The molecule has 0 aromatic heterocycles. The van der Waals surface area contributed by atoms with Gasteiger partial charge < -0.3 is 9.64 Å². The molecule has 6 nitrogen and oxygen atoms in total. The van der Waals surface area contributed by atoms with Crippen LogP contribution in [0, 0.1) is 0 Å². The maximum absolute atomic E-state index is 13.0. The summed E-state index contributed by atoms with van der Waals surface area (Å²) in [6, 6.07) is 14.4. The van der Waals surface area contributed by atoms with E-state index in [4.69, 9.17) is 4.74 Å². The molecule has 0 saturated carbocycles. The van der Waals surface area contributed by atoms with E-state index in [0.717, 1.165) is 30.4 Å². The number of benzene rings is 2. The van der Waals surface area contributed by atoms with E-state index in [0.29, 0.717) is 17.8 Å². The molecular weight excluding hydrogens is 352 g/mol. The van der Waals surface area contributed by atoms with Gasteiger partial charge in [-0.2, -0.15) is 0 Å². The third-order valence-electron chi connectivity index (χ3n) is 4.43. The van der Waals surface area contributed by atoms with Gasteiger partial charge in [0, 0.05) is 17.8 Å². The van der Waals surface area contributed by atoms with Crippen molar-refractivity contribution in [3.8, 4) is 5.75 Å². The van der Waals surface area contributed by atoms with Gasteiger partial charge in [0.1, 0.15) is 5.75 Å². The van der Waals surface area contributed by atoms with Crippen molar-refractivity contribution in [3.63, 3.8) is 0 Å². The summed E-state index contributed by atoms with van der Waals surface area (Å²) in [6.45, 7) is 0.680. The number of nitrogens with zero attached hydrogens (tertiary/aromatic N) is 1. The average molecular weight is 374 g/mol. The van der Waals surface area contributed by atoms with Gasteiger partial charge in [-0.3, -0.25) is 9.52 Å². The van der Waals surface area contributed by atoms with Gasteiger partial charge in [0.05, 0.1) is 19.4 Å². The molecule has 2 aromatic rings. The molecule has 1 saturated heterocycles. The van der Waals surface area contributed by atoms with Gasteiger partial charge in [0.15, 0.2) is 0 Å². The van der Waals surface area contributed by atoms with Gasteiger partial charge in [-0.1, -0.05) is 18.2 Å². The van der Waals surface area contributed by atoms with Gasteiger partial charge in [-0.15, -0.1) is 0 Å². The number of hydrogen-bond donors (Lipinski definition) is 1. The Morgan fingerprint density at radius 2 is 1.92 bits per heavy atom. The first-order valence-electron chi connectivity index (χ1n) is 8.40. The molecule has 7 heteroatoms. The van der Waals surface area contributed by atoms with Gasteiger partial charge in [0.2, 0.25) is 10.0 Å². The average Bonchev–Trinajstić information content (AvgIpc) is 3.09. The standard InChI is InChI=1S/C19H22N2O4S/c1-25-17-10-8-14(9-11-17)18-7-4-12-21(18)19(22)15-5-3-6-16(13-15)20-26(2,23)24/h3,5-6,8-11,13,18,20H,4,7,12H2,1-2H3. The predicted octanol–water partition coefficient (Wildman–Crippen LogP) is 3.04. The molecule has 1 unspecified atom stereocenters. The van der Waals surface area contributed by atoms with Gasteiger partial charge >= 0.3 is 0 Å². The van der Waals surface area contributed by atoms with Gasteiger partial charge in [0.25, 0.3) is 5.91 Å². The lowest BCUT2D eigenvalue weighted by Crippen LogP contribution is -2.30. The van der Waals surface area contributed by atoms with Crippen molar-refractivity contribution in [1.29, 1.82) is 0 Å².